The molecule has 2 rings (SSSR count). The molecule has 0 fully saturated rings. The van der Waals surface area contributed by atoms with E-state index >= 15 is 0 Å². The Labute approximate surface area is 152 Å². The summed E-state index contributed by atoms with van der Waals surface area (Å²) in [5, 5.41) is 1.62. The molecule has 0 aliphatic rings. The molecule has 1 nitrogen and oxygen atoms in total. The monoisotopic (exact) mass is 358 g/mol. The molecule has 0 heterocycles. The standard InChI is InChI=1S/C13H7Cl4OP.Li.H/c14-8-6-9(15)12(17)10(11(8)16)13(18)19-7-4-2-1-3-5-7;;/h1-6,19H;;/q;+1;-1. The third-order valence-electron chi connectivity index (χ3n) is 2.37. The van der Waals surface area contributed by atoms with Gasteiger partial charge >= 0.3 is 18.9 Å². The van der Waals surface area contributed by atoms with Gasteiger partial charge in [0.15, 0.2) is 5.52 Å². The second-order valence-corrected chi connectivity index (χ2v) is 6.52. The maximum Gasteiger partial charge on any atom is 1.00 e. The summed E-state index contributed by atoms with van der Waals surface area (Å²) in [5.74, 6) is 0. The Kier molecular flexibility index (Phi) is 7.40. The van der Waals surface area contributed by atoms with Crippen LogP contribution in [0.3, 0.4) is 0 Å². The van der Waals surface area contributed by atoms with Crippen LogP contribution in [-0.2, 0) is 0 Å². The van der Waals surface area contributed by atoms with Gasteiger partial charge in [-0.15, -0.1) is 0 Å². The molecule has 7 heteroatoms. The largest absolute Gasteiger partial charge is 1.00 e. The number of rotatable bonds is 3. The summed E-state index contributed by atoms with van der Waals surface area (Å²) >= 11 is 23.9. The maximum atomic E-state index is 12.3. The fourth-order valence-corrected chi connectivity index (χ4v) is 3.62. The van der Waals surface area contributed by atoms with Gasteiger partial charge in [-0.3, -0.25) is 4.79 Å². The van der Waals surface area contributed by atoms with Crippen molar-refractivity contribution in [2.45, 2.75) is 0 Å². The molecule has 2 aromatic carbocycles. The third-order valence-corrected chi connectivity index (χ3v) is 5.04. The van der Waals surface area contributed by atoms with Crippen LogP contribution in [0.2, 0.25) is 20.1 Å². The first-order valence-electron chi connectivity index (χ1n) is 5.20. The van der Waals surface area contributed by atoms with Gasteiger partial charge in [-0.2, -0.15) is 0 Å². The molecular formula is C13H8Cl4LiOP. The van der Waals surface area contributed by atoms with Crippen LogP contribution in [0.5, 0.6) is 0 Å². The van der Waals surface area contributed by atoms with E-state index in [4.69, 9.17) is 46.4 Å². The molecule has 0 bridgehead atoms. The zero-order chi connectivity index (χ0) is 14.0. The van der Waals surface area contributed by atoms with Crippen molar-refractivity contribution in [2.24, 2.45) is 0 Å². The Morgan fingerprint density at radius 1 is 0.950 bits per heavy atom. The van der Waals surface area contributed by atoms with E-state index in [2.05, 4.69) is 0 Å². The SMILES string of the molecule is O=C(Pc1ccccc1)c1c(Cl)c(Cl)cc(Cl)c1Cl.[H-].[Li+]. The van der Waals surface area contributed by atoms with E-state index < -0.39 is 0 Å². The summed E-state index contributed by atoms with van der Waals surface area (Å²) in [5.41, 5.74) is -0.00591. The normalized spacial score (nSPS) is 10.6. The number of benzene rings is 2. The Morgan fingerprint density at radius 2 is 1.45 bits per heavy atom. The average Bonchev–Trinajstić information content (AvgIpc) is 2.38. The smallest absolute Gasteiger partial charge is 1.00 e. The first kappa shape index (κ1) is 18.3. The molecule has 0 aliphatic carbocycles. The van der Waals surface area contributed by atoms with E-state index in [9.17, 15) is 4.79 Å². The van der Waals surface area contributed by atoms with Crippen molar-refractivity contribution in [1.82, 2.24) is 0 Å². The van der Waals surface area contributed by atoms with E-state index in [-0.39, 0.29) is 60.0 Å². The maximum absolute atomic E-state index is 12.3. The molecule has 1 unspecified atom stereocenters. The molecule has 100 valence electrons. The Bertz CT molecular complexity index is 614. The molecular weight excluding hydrogens is 352 g/mol. The summed E-state index contributed by atoms with van der Waals surface area (Å²) in [6.45, 7) is 0. The number of hydrogen-bond donors (Lipinski definition) is 0. The molecule has 0 aliphatic heterocycles. The molecule has 0 radical (unpaired) electrons. The van der Waals surface area contributed by atoms with Crippen molar-refractivity contribution in [3.05, 3.63) is 62.1 Å². The van der Waals surface area contributed by atoms with Gasteiger partial charge in [-0.25, -0.2) is 0 Å². The fraction of sp³-hybridized carbons (Fsp3) is 0. The molecule has 0 amide bonds. The van der Waals surface area contributed by atoms with Gasteiger partial charge in [0.25, 0.3) is 0 Å². The quantitative estimate of drug-likeness (QED) is 0.467. The van der Waals surface area contributed by atoms with Gasteiger partial charge in [0, 0.05) is 0 Å². The predicted octanol–water partition coefficient (Wildman–Crippen LogP) is 2.56. The van der Waals surface area contributed by atoms with Gasteiger partial charge in [-0.1, -0.05) is 76.7 Å². The van der Waals surface area contributed by atoms with Crippen molar-refractivity contribution >= 4 is 65.8 Å². The van der Waals surface area contributed by atoms with Crippen LogP contribution in [0.15, 0.2) is 36.4 Å². The van der Waals surface area contributed by atoms with E-state index in [1.165, 1.54) is 6.07 Å². The summed E-state index contributed by atoms with van der Waals surface area (Å²) < 4.78 is 0. The van der Waals surface area contributed by atoms with Crippen LogP contribution < -0.4 is 24.2 Å². The average molecular weight is 360 g/mol. The molecule has 0 saturated carbocycles. The fourth-order valence-electron chi connectivity index (χ4n) is 1.49. The summed E-state index contributed by atoms with van der Waals surface area (Å²) in [6, 6.07) is 10.8. The van der Waals surface area contributed by atoms with E-state index in [0.717, 1.165) is 5.30 Å². The zero-order valence-corrected chi connectivity index (χ0v) is 14.4. The van der Waals surface area contributed by atoms with Crippen LogP contribution in [0.25, 0.3) is 0 Å². The Balaban J connectivity index is 0.00000200. The van der Waals surface area contributed by atoms with Crippen LogP contribution in [0.1, 0.15) is 11.8 Å². The van der Waals surface area contributed by atoms with E-state index in [0.29, 0.717) is 0 Å². The zero-order valence-electron chi connectivity index (χ0n) is 11.4. The van der Waals surface area contributed by atoms with E-state index in [1.54, 1.807) is 0 Å². The topological polar surface area (TPSA) is 17.1 Å². The van der Waals surface area contributed by atoms with Crippen LogP contribution >= 0.6 is 55.0 Å². The molecule has 0 spiro atoms. The van der Waals surface area contributed by atoms with Crippen LogP contribution in [0, 0.1) is 0 Å². The number of carbonyl (C=O) groups excluding carboxylic acids is 1. The van der Waals surface area contributed by atoms with Crippen molar-refractivity contribution in [3.63, 3.8) is 0 Å². The summed E-state index contributed by atoms with van der Waals surface area (Å²) in [7, 11) is -0.0839. The minimum Gasteiger partial charge on any atom is -1.00 e. The number of hydrogen-bond acceptors (Lipinski definition) is 1. The van der Waals surface area contributed by atoms with Crippen molar-refractivity contribution in [3.8, 4) is 0 Å². The molecule has 0 saturated heterocycles. The van der Waals surface area contributed by atoms with Gasteiger partial charge in [0.2, 0.25) is 0 Å². The molecule has 1 atom stereocenters. The van der Waals surface area contributed by atoms with Gasteiger partial charge in [0.1, 0.15) is 0 Å². The second-order valence-electron chi connectivity index (χ2n) is 3.66. The minimum absolute atomic E-state index is 0. The minimum atomic E-state index is -0.189. The molecule has 20 heavy (non-hydrogen) atoms. The van der Waals surface area contributed by atoms with Crippen LogP contribution in [0.4, 0.5) is 0 Å². The Hall–Kier alpha value is 0.297. The van der Waals surface area contributed by atoms with Crippen LogP contribution in [-0.4, -0.2) is 5.52 Å². The summed E-state index contributed by atoms with van der Waals surface area (Å²) in [4.78, 5) is 12.3. The van der Waals surface area contributed by atoms with Gasteiger partial charge in [0.05, 0.1) is 25.7 Å². The van der Waals surface area contributed by atoms with Crippen molar-refractivity contribution in [1.29, 1.82) is 0 Å². The van der Waals surface area contributed by atoms with E-state index in [1.807, 2.05) is 30.3 Å². The number of halogens is 4. The van der Waals surface area contributed by atoms with Crippen molar-refractivity contribution in [2.75, 3.05) is 0 Å². The van der Waals surface area contributed by atoms with Crippen molar-refractivity contribution < 1.29 is 25.1 Å². The third kappa shape index (κ3) is 4.16. The predicted molar refractivity (Wildman–Crippen MR) is 86.3 cm³/mol. The molecule has 0 N–H and O–H groups in total. The summed E-state index contributed by atoms with van der Waals surface area (Å²) in [6.07, 6.45) is 0. The molecule has 2 aromatic rings. The first-order chi connectivity index (χ1) is 9.00. The van der Waals surface area contributed by atoms with Gasteiger partial charge in [-0.05, 0) is 20.0 Å². The second kappa shape index (κ2) is 8.07. The number of carbonyl (C=O) groups is 1. The molecule has 0 aromatic heterocycles. The Morgan fingerprint density at radius 3 is 1.95 bits per heavy atom. The van der Waals surface area contributed by atoms with Gasteiger partial charge < -0.3 is 1.43 Å². The first-order valence-corrected chi connectivity index (χ1v) is 7.71.